The van der Waals surface area contributed by atoms with E-state index in [1.165, 1.54) is 18.3 Å². The molecule has 8 heteroatoms. The van der Waals surface area contributed by atoms with Crippen molar-refractivity contribution in [2.24, 2.45) is 5.10 Å². The quantitative estimate of drug-likeness (QED) is 0.445. The van der Waals surface area contributed by atoms with E-state index in [4.69, 9.17) is 0 Å². The third kappa shape index (κ3) is 4.08. The van der Waals surface area contributed by atoms with Crippen molar-refractivity contribution in [2.45, 2.75) is 0 Å². The molecule has 0 saturated carbocycles. The van der Waals surface area contributed by atoms with Gasteiger partial charge in [-0.2, -0.15) is 5.10 Å². The Labute approximate surface area is 151 Å². The average Bonchev–Trinajstić information content (AvgIpc) is 2.46. The molecule has 0 bridgehead atoms. The first-order chi connectivity index (χ1) is 10.4. The molecule has 0 saturated heterocycles. The van der Waals surface area contributed by atoms with Gasteiger partial charge in [0.25, 0.3) is 5.91 Å². The Morgan fingerprint density at radius 2 is 1.82 bits per heavy atom. The van der Waals surface area contributed by atoms with Crippen molar-refractivity contribution in [2.75, 3.05) is 0 Å². The zero-order valence-corrected chi connectivity index (χ0v) is 15.6. The normalized spacial score (nSPS) is 10.9. The lowest BCUT2D eigenvalue weighted by molar-refractivity contribution is 0.0952. The van der Waals surface area contributed by atoms with Crippen LogP contribution < -0.4 is 5.43 Å². The molecule has 0 radical (unpaired) electrons. The summed E-state index contributed by atoms with van der Waals surface area (Å²) in [6.07, 6.45) is 1.31. The number of hydrogen-bond acceptors (Lipinski definition) is 4. The number of rotatable bonds is 3. The summed E-state index contributed by atoms with van der Waals surface area (Å²) >= 11 is 9.67. The zero-order valence-electron chi connectivity index (χ0n) is 10.8. The first kappa shape index (κ1) is 17.0. The maximum atomic E-state index is 12.0. The lowest BCUT2D eigenvalue weighted by Gasteiger charge is -2.06. The molecule has 0 aromatic heterocycles. The highest BCUT2D eigenvalue weighted by atomic mass is 79.9. The summed E-state index contributed by atoms with van der Waals surface area (Å²) < 4.78 is 1.79. The summed E-state index contributed by atoms with van der Waals surface area (Å²) in [5, 5.41) is 23.3. The molecule has 2 aromatic carbocycles. The van der Waals surface area contributed by atoms with Gasteiger partial charge in [0, 0.05) is 14.5 Å². The largest absolute Gasteiger partial charge is 0.507 e. The summed E-state index contributed by atoms with van der Waals surface area (Å²) in [7, 11) is 0. The molecular weight excluding hydrogens is 484 g/mol. The highest BCUT2D eigenvalue weighted by Crippen LogP contribution is 2.31. The second kappa shape index (κ2) is 7.26. The van der Waals surface area contributed by atoms with Crippen LogP contribution in [-0.4, -0.2) is 22.3 Å². The fourth-order valence-electron chi connectivity index (χ4n) is 1.59. The van der Waals surface area contributed by atoms with Crippen LogP contribution in [-0.2, 0) is 0 Å². The number of carbonyl (C=O) groups excluding carboxylic acids is 1. The summed E-state index contributed by atoms with van der Waals surface area (Å²) in [6, 6.07) is 7.93. The molecule has 0 aliphatic heterocycles. The van der Waals surface area contributed by atoms with Gasteiger partial charge in [0.05, 0.1) is 16.3 Å². The maximum absolute atomic E-state index is 12.0. The predicted molar refractivity (Wildman–Crippen MR) is 94.4 cm³/mol. The minimum absolute atomic E-state index is 0.0363. The summed E-state index contributed by atoms with van der Waals surface area (Å²) in [5.74, 6) is -0.722. The maximum Gasteiger partial charge on any atom is 0.275 e. The van der Waals surface area contributed by atoms with Gasteiger partial charge < -0.3 is 10.2 Å². The second-order valence-electron chi connectivity index (χ2n) is 4.19. The highest BCUT2D eigenvalue weighted by molar-refractivity contribution is 9.11. The Bertz CT molecular complexity index is 763. The summed E-state index contributed by atoms with van der Waals surface area (Å²) in [6.45, 7) is 0. The number of halogens is 3. The first-order valence-electron chi connectivity index (χ1n) is 5.88. The fraction of sp³-hybridized carbons (Fsp3) is 0. The number of carbonyl (C=O) groups is 1. The van der Waals surface area contributed by atoms with E-state index in [0.717, 1.165) is 4.47 Å². The van der Waals surface area contributed by atoms with Gasteiger partial charge >= 0.3 is 0 Å². The molecule has 2 aromatic rings. The van der Waals surface area contributed by atoms with Crippen LogP contribution >= 0.6 is 47.8 Å². The van der Waals surface area contributed by atoms with Crippen molar-refractivity contribution in [3.05, 3.63) is 54.9 Å². The Balaban J connectivity index is 2.16. The standard InChI is InChI=1S/C14H9Br3N2O3/c15-8-1-2-12(20)7(3-8)6-18-19-14(22)10-4-9(16)5-11(17)13(10)21/h1-6,20-21H,(H,19,22)/b18-6-. The second-order valence-corrected chi connectivity index (χ2v) is 6.87. The van der Waals surface area contributed by atoms with Crippen LogP contribution in [0.15, 0.2) is 48.9 Å². The molecule has 0 unspecified atom stereocenters. The van der Waals surface area contributed by atoms with Crippen LogP contribution in [0.2, 0.25) is 0 Å². The van der Waals surface area contributed by atoms with Gasteiger partial charge in [0.15, 0.2) is 0 Å². The van der Waals surface area contributed by atoms with E-state index in [9.17, 15) is 15.0 Å². The number of aromatic hydroxyl groups is 2. The Kier molecular flexibility index (Phi) is 5.60. The molecule has 0 heterocycles. The molecular formula is C14H9Br3N2O3. The number of phenols is 2. The third-order valence-corrected chi connectivity index (χ3v) is 4.19. The van der Waals surface area contributed by atoms with E-state index < -0.39 is 5.91 Å². The number of amides is 1. The van der Waals surface area contributed by atoms with E-state index in [0.29, 0.717) is 14.5 Å². The van der Waals surface area contributed by atoms with Gasteiger partial charge in [0.1, 0.15) is 11.5 Å². The van der Waals surface area contributed by atoms with Gasteiger partial charge in [-0.1, -0.05) is 31.9 Å². The fourth-order valence-corrected chi connectivity index (χ4v) is 3.19. The molecule has 0 fully saturated rings. The van der Waals surface area contributed by atoms with Crippen LogP contribution in [0.1, 0.15) is 15.9 Å². The van der Waals surface area contributed by atoms with E-state index in [-0.39, 0.29) is 17.1 Å². The van der Waals surface area contributed by atoms with Crippen LogP contribution in [0.5, 0.6) is 11.5 Å². The lowest BCUT2D eigenvalue weighted by Crippen LogP contribution is -2.18. The Hall–Kier alpha value is -1.38. The predicted octanol–water partition coefficient (Wildman–Crippen LogP) is 4.15. The van der Waals surface area contributed by atoms with E-state index in [1.807, 2.05) is 0 Å². The molecule has 22 heavy (non-hydrogen) atoms. The minimum atomic E-state index is -0.578. The van der Waals surface area contributed by atoms with Gasteiger partial charge in [-0.15, -0.1) is 0 Å². The third-order valence-electron chi connectivity index (χ3n) is 2.63. The molecule has 0 aliphatic carbocycles. The van der Waals surface area contributed by atoms with Crippen molar-refractivity contribution in [1.29, 1.82) is 0 Å². The SMILES string of the molecule is O=C(N/N=C\c1cc(Br)ccc1O)c1cc(Br)cc(Br)c1O. The van der Waals surface area contributed by atoms with Gasteiger partial charge in [-0.25, -0.2) is 5.43 Å². The van der Waals surface area contributed by atoms with Crippen LogP contribution in [0.3, 0.4) is 0 Å². The molecule has 0 atom stereocenters. The lowest BCUT2D eigenvalue weighted by atomic mass is 10.2. The number of benzene rings is 2. The number of hydrogen-bond donors (Lipinski definition) is 3. The molecule has 3 N–H and O–H groups in total. The molecule has 5 nitrogen and oxygen atoms in total. The molecule has 1 amide bonds. The minimum Gasteiger partial charge on any atom is -0.507 e. The Morgan fingerprint density at radius 3 is 2.55 bits per heavy atom. The molecule has 0 aliphatic rings. The van der Waals surface area contributed by atoms with Gasteiger partial charge in [-0.3, -0.25) is 4.79 Å². The van der Waals surface area contributed by atoms with Crippen LogP contribution in [0.4, 0.5) is 0 Å². The summed E-state index contributed by atoms with van der Waals surface area (Å²) in [5.41, 5.74) is 2.80. The van der Waals surface area contributed by atoms with Gasteiger partial charge in [-0.05, 0) is 46.3 Å². The molecule has 0 spiro atoms. The summed E-state index contributed by atoms with van der Waals surface area (Å²) in [4.78, 5) is 12.0. The topological polar surface area (TPSA) is 81.9 Å². The number of nitrogens with one attached hydrogen (secondary N) is 1. The smallest absolute Gasteiger partial charge is 0.275 e. The van der Waals surface area contributed by atoms with Gasteiger partial charge in [0.2, 0.25) is 0 Å². The van der Waals surface area contributed by atoms with Crippen molar-refractivity contribution < 1.29 is 15.0 Å². The first-order valence-corrected chi connectivity index (χ1v) is 8.26. The van der Waals surface area contributed by atoms with Crippen molar-refractivity contribution >= 4 is 59.9 Å². The van der Waals surface area contributed by atoms with E-state index in [1.54, 1.807) is 18.2 Å². The number of nitrogens with zero attached hydrogens (tertiary/aromatic N) is 1. The van der Waals surface area contributed by atoms with Crippen molar-refractivity contribution in [3.63, 3.8) is 0 Å². The van der Waals surface area contributed by atoms with Crippen LogP contribution in [0.25, 0.3) is 0 Å². The molecule has 114 valence electrons. The van der Waals surface area contributed by atoms with Crippen molar-refractivity contribution in [1.82, 2.24) is 5.43 Å². The average molecular weight is 493 g/mol. The Morgan fingerprint density at radius 1 is 1.09 bits per heavy atom. The van der Waals surface area contributed by atoms with Crippen LogP contribution in [0, 0.1) is 0 Å². The monoisotopic (exact) mass is 490 g/mol. The molecule has 2 rings (SSSR count). The number of phenolic OH excluding ortho intramolecular Hbond substituents is 2. The zero-order chi connectivity index (χ0) is 16.3. The number of hydrazone groups is 1. The highest BCUT2D eigenvalue weighted by Gasteiger charge is 2.14. The van der Waals surface area contributed by atoms with E-state index in [2.05, 4.69) is 58.3 Å². The van der Waals surface area contributed by atoms with Crippen molar-refractivity contribution in [3.8, 4) is 11.5 Å². The van der Waals surface area contributed by atoms with E-state index >= 15 is 0 Å².